The molecular weight excluding hydrogens is 222 g/mol. The molecule has 2 aromatic rings. The van der Waals surface area contributed by atoms with Gasteiger partial charge in [0.2, 0.25) is 5.89 Å². The zero-order valence-corrected chi connectivity index (χ0v) is 12.3. The summed E-state index contributed by atoms with van der Waals surface area (Å²) in [6.07, 6.45) is 1.11. The second-order valence-corrected chi connectivity index (χ2v) is 6.69. The van der Waals surface area contributed by atoms with Crippen LogP contribution in [0.1, 0.15) is 59.4 Å². The number of hydrogen-bond donors (Lipinski definition) is 0. The standard InChI is InChI=1S/C16H23NO/c1-7-16(5,6)11-8-9-13-12(10-11)17-14(18-13)15(2,3)4/h8-10H,7H2,1-6H3. The molecule has 1 aromatic carbocycles. The minimum atomic E-state index is -0.0422. The Morgan fingerprint density at radius 2 is 1.78 bits per heavy atom. The van der Waals surface area contributed by atoms with Crippen LogP contribution in [0, 0.1) is 0 Å². The van der Waals surface area contributed by atoms with Gasteiger partial charge in [-0.3, -0.25) is 0 Å². The fraction of sp³-hybridized carbons (Fsp3) is 0.562. The smallest absolute Gasteiger partial charge is 0.200 e. The molecule has 0 bridgehead atoms. The topological polar surface area (TPSA) is 26.0 Å². The first kappa shape index (κ1) is 13.1. The van der Waals surface area contributed by atoms with Crippen LogP contribution < -0.4 is 0 Å². The van der Waals surface area contributed by atoms with E-state index in [2.05, 4.69) is 58.7 Å². The minimum absolute atomic E-state index is 0.0422. The summed E-state index contributed by atoms with van der Waals surface area (Å²) in [5.74, 6) is 0.809. The number of nitrogens with zero attached hydrogens (tertiary/aromatic N) is 1. The lowest BCUT2D eigenvalue weighted by molar-refractivity contribution is 0.411. The Hall–Kier alpha value is -1.31. The molecule has 0 aliphatic carbocycles. The van der Waals surface area contributed by atoms with Gasteiger partial charge in [-0.05, 0) is 29.5 Å². The zero-order valence-electron chi connectivity index (χ0n) is 12.3. The quantitative estimate of drug-likeness (QED) is 0.758. The molecule has 0 saturated carbocycles. The highest BCUT2D eigenvalue weighted by atomic mass is 16.3. The van der Waals surface area contributed by atoms with Crippen LogP contribution in [-0.4, -0.2) is 4.98 Å². The Kier molecular flexibility index (Phi) is 3.00. The van der Waals surface area contributed by atoms with Gasteiger partial charge in [0.25, 0.3) is 0 Å². The molecular formula is C16H23NO. The SMILES string of the molecule is CCC(C)(C)c1ccc2oc(C(C)(C)C)nc2c1. The van der Waals surface area contributed by atoms with E-state index in [9.17, 15) is 0 Å². The van der Waals surface area contributed by atoms with Gasteiger partial charge < -0.3 is 4.42 Å². The lowest BCUT2D eigenvalue weighted by Gasteiger charge is -2.22. The van der Waals surface area contributed by atoms with Gasteiger partial charge in [0.1, 0.15) is 5.52 Å². The summed E-state index contributed by atoms with van der Waals surface area (Å²) in [5.41, 5.74) is 3.33. The molecule has 0 amide bonds. The molecule has 0 atom stereocenters. The summed E-state index contributed by atoms with van der Waals surface area (Å²) in [6.45, 7) is 13.1. The molecule has 98 valence electrons. The molecule has 0 spiro atoms. The van der Waals surface area contributed by atoms with Gasteiger partial charge in [-0.2, -0.15) is 0 Å². The van der Waals surface area contributed by atoms with Crippen molar-refractivity contribution in [3.05, 3.63) is 29.7 Å². The van der Waals surface area contributed by atoms with Crippen molar-refractivity contribution >= 4 is 11.1 Å². The summed E-state index contributed by atoms with van der Waals surface area (Å²) >= 11 is 0. The third kappa shape index (κ3) is 2.29. The highest BCUT2D eigenvalue weighted by Gasteiger charge is 2.23. The Morgan fingerprint density at radius 1 is 1.11 bits per heavy atom. The van der Waals surface area contributed by atoms with Crippen LogP contribution in [0.4, 0.5) is 0 Å². The number of oxazole rings is 1. The molecule has 0 radical (unpaired) electrons. The van der Waals surface area contributed by atoms with Gasteiger partial charge in [-0.25, -0.2) is 4.98 Å². The third-order valence-electron chi connectivity index (χ3n) is 3.69. The number of benzene rings is 1. The van der Waals surface area contributed by atoms with Crippen LogP contribution in [0.15, 0.2) is 22.6 Å². The van der Waals surface area contributed by atoms with Crippen molar-refractivity contribution < 1.29 is 4.42 Å². The first-order valence-corrected chi connectivity index (χ1v) is 6.65. The van der Waals surface area contributed by atoms with Gasteiger partial charge in [-0.15, -0.1) is 0 Å². The van der Waals surface area contributed by atoms with Gasteiger partial charge in [0, 0.05) is 5.41 Å². The summed E-state index contributed by atoms with van der Waals surface area (Å²) < 4.78 is 5.82. The average Bonchev–Trinajstić information content (AvgIpc) is 2.71. The van der Waals surface area contributed by atoms with Crippen LogP contribution >= 0.6 is 0 Å². The van der Waals surface area contributed by atoms with Crippen molar-refractivity contribution in [2.45, 2.75) is 58.8 Å². The van der Waals surface area contributed by atoms with E-state index in [1.807, 2.05) is 6.07 Å². The largest absolute Gasteiger partial charge is 0.440 e. The predicted octanol–water partition coefficient (Wildman–Crippen LogP) is 4.81. The van der Waals surface area contributed by atoms with Gasteiger partial charge in [0.15, 0.2) is 5.58 Å². The highest BCUT2D eigenvalue weighted by Crippen LogP contribution is 2.31. The number of aromatic nitrogens is 1. The maximum absolute atomic E-state index is 5.82. The van der Waals surface area contributed by atoms with Crippen molar-refractivity contribution in [1.82, 2.24) is 4.98 Å². The van der Waals surface area contributed by atoms with Crippen molar-refractivity contribution in [3.63, 3.8) is 0 Å². The maximum atomic E-state index is 5.82. The maximum Gasteiger partial charge on any atom is 0.200 e. The van der Waals surface area contributed by atoms with E-state index < -0.39 is 0 Å². The first-order chi connectivity index (χ1) is 8.24. The molecule has 1 aromatic heterocycles. The number of hydrogen-bond acceptors (Lipinski definition) is 2. The van der Waals surface area contributed by atoms with E-state index >= 15 is 0 Å². The average molecular weight is 245 g/mol. The third-order valence-corrected chi connectivity index (χ3v) is 3.69. The molecule has 0 unspecified atom stereocenters. The normalized spacial score (nSPS) is 13.2. The minimum Gasteiger partial charge on any atom is -0.440 e. The fourth-order valence-corrected chi connectivity index (χ4v) is 1.87. The fourth-order valence-electron chi connectivity index (χ4n) is 1.87. The van der Waals surface area contributed by atoms with E-state index in [4.69, 9.17) is 4.42 Å². The van der Waals surface area contributed by atoms with Crippen LogP contribution in [0.3, 0.4) is 0 Å². The van der Waals surface area contributed by atoms with Crippen LogP contribution in [-0.2, 0) is 10.8 Å². The lowest BCUT2D eigenvalue weighted by Crippen LogP contribution is -2.15. The molecule has 2 nitrogen and oxygen atoms in total. The summed E-state index contributed by atoms with van der Waals surface area (Å²) in [6, 6.07) is 6.37. The van der Waals surface area contributed by atoms with Crippen LogP contribution in [0.25, 0.3) is 11.1 Å². The molecule has 0 saturated heterocycles. The first-order valence-electron chi connectivity index (χ1n) is 6.65. The van der Waals surface area contributed by atoms with Crippen LogP contribution in [0.2, 0.25) is 0 Å². The van der Waals surface area contributed by atoms with E-state index in [-0.39, 0.29) is 10.8 Å². The van der Waals surface area contributed by atoms with E-state index in [0.717, 1.165) is 23.4 Å². The Morgan fingerprint density at radius 3 is 2.33 bits per heavy atom. The monoisotopic (exact) mass is 245 g/mol. The van der Waals surface area contributed by atoms with E-state index in [1.54, 1.807) is 0 Å². The molecule has 1 heterocycles. The molecule has 0 aliphatic heterocycles. The summed E-state index contributed by atoms with van der Waals surface area (Å²) in [4.78, 5) is 4.63. The van der Waals surface area contributed by atoms with E-state index in [0.29, 0.717) is 0 Å². The molecule has 18 heavy (non-hydrogen) atoms. The van der Waals surface area contributed by atoms with Gasteiger partial charge in [0.05, 0.1) is 0 Å². The second-order valence-electron chi connectivity index (χ2n) is 6.69. The number of rotatable bonds is 2. The molecule has 0 aliphatic rings. The Bertz CT molecular complexity index is 558. The van der Waals surface area contributed by atoms with Crippen molar-refractivity contribution in [2.24, 2.45) is 0 Å². The van der Waals surface area contributed by atoms with Gasteiger partial charge >= 0.3 is 0 Å². The van der Waals surface area contributed by atoms with Crippen molar-refractivity contribution in [3.8, 4) is 0 Å². The molecule has 0 N–H and O–H groups in total. The highest BCUT2D eigenvalue weighted by molar-refractivity contribution is 5.74. The van der Waals surface area contributed by atoms with Crippen LogP contribution in [0.5, 0.6) is 0 Å². The van der Waals surface area contributed by atoms with Crippen molar-refractivity contribution in [1.29, 1.82) is 0 Å². The van der Waals surface area contributed by atoms with Crippen molar-refractivity contribution in [2.75, 3.05) is 0 Å². The second kappa shape index (κ2) is 4.11. The molecule has 2 rings (SSSR count). The predicted molar refractivity (Wildman–Crippen MR) is 76.0 cm³/mol. The number of fused-ring (bicyclic) bond motifs is 1. The zero-order chi connectivity index (χ0) is 13.6. The lowest BCUT2D eigenvalue weighted by atomic mass is 9.82. The summed E-state index contributed by atoms with van der Waals surface area (Å²) in [5, 5.41) is 0. The summed E-state index contributed by atoms with van der Waals surface area (Å²) in [7, 11) is 0. The van der Waals surface area contributed by atoms with E-state index in [1.165, 1.54) is 5.56 Å². The Balaban J connectivity index is 2.53. The Labute approximate surface area is 109 Å². The molecule has 0 fully saturated rings. The molecule has 2 heteroatoms. The van der Waals surface area contributed by atoms with Gasteiger partial charge in [-0.1, -0.05) is 47.6 Å².